The van der Waals surface area contributed by atoms with Crippen molar-refractivity contribution in [3.8, 4) is 17.0 Å². The maximum absolute atomic E-state index is 13.1. The quantitative estimate of drug-likeness (QED) is 0.669. The zero-order valence-corrected chi connectivity index (χ0v) is 16.8. The zero-order valence-electron chi connectivity index (χ0n) is 15.2. The van der Waals surface area contributed by atoms with Gasteiger partial charge < -0.3 is 10.1 Å². The van der Waals surface area contributed by atoms with Crippen molar-refractivity contribution >= 4 is 45.6 Å². The monoisotopic (exact) mass is 431 g/mol. The van der Waals surface area contributed by atoms with Crippen LogP contribution in [-0.2, 0) is 9.59 Å². The third-order valence-corrected chi connectivity index (χ3v) is 5.45. The molecule has 2 amide bonds. The number of nitrogens with zero attached hydrogens (tertiary/aromatic N) is 2. The predicted octanol–water partition coefficient (Wildman–Crippen LogP) is 4.28. The van der Waals surface area contributed by atoms with Gasteiger partial charge >= 0.3 is 0 Å². The number of benzene rings is 2. The zero-order chi connectivity index (χ0) is 20.5. The number of hydrogen-bond donors (Lipinski definition) is 1. The second kappa shape index (κ2) is 7.81. The molecule has 2 aromatic carbocycles. The molecular formula is C20H15ClFN3O3S. The smallest absolute Gasteiger partial charge is 0.265 e. The molecule has 0 aliphatic carbocycles. The summed E-state index contributed by atoms with van der Waals surface area (Å²) in [7, 11) is 0. The summed E-state index contributed by atoms with van der Waals surface area (Å²) in [5.41, 5.74) is 1.88. The maximum Gasteiger partial charge on any atom is 0.265 e. The molecular weight excluding hydrogens is 417 g/mol. The standard InChI is InChI=1S/C20H15ClFN3O3S/c1-11-19(12-2-5-14(22)6-3-12)24-20(29-11)23-17(26)9-25-15-8-13(21)4-7-16(15)28-10-18(25)27/h2-8H,9-10H2,1H3,(H,23,24,26). The van der Waals surface area contributed by atoms with Gasteiger partial charge in [-0.05, 0) is 49.4 Å². The summed E-state index contributed by atoms with van der Waals surface area (Å²) in [6, 6.07) is 10.9. The molecule has 0 spiro atoms. The molecule has 4 rings (SSSR count). The highest BCUT2D eigenvalue weighted by Crippen LogP contribution is 2.34. The molecule has 0 radical (unpaired) electrons. The molecule has 1 aromatic heterocycles. The molecule has 1 aliphatic heterocycles. The number of ether oxygens (including phenoxy) is 1. The Morgan fingerprint density at radius 1 is 1.31 bits per heavy atom. The van der Waals surface area contributed by atoms with Crippen molar-refractivity contribution in [1.29, 1.82) is 0 Å². The second-order valence-corrected chi connectivity index (χ2v) is 8.00. The van der Waals surface area contributed by atoms with E-state index in [-0.39, 0.29) is 24.9 Å². The lowest BCUT2D eigenvalue weighted by Crippen LogP contribution is -2.43. The molecule has 0 saturated carbocycles. The van der Waals surface area contributed by atoms with Gasteiger partial charge in [-0.2, -0.15) is 0 Å². The summed E-state index contributed by atoms with van der Waals surface area (Å²) in [5.74, 6) is -0.570. The van der Waals surface area contributed by atoms with E-state index in [9.17, 15) is 14.0 Å². The van der Waals surface area contributed by atoms with Gasteiger partial charge in [0.1, 0.15) is 18.1 Å². The van der Waals surface area contributed by atoms with Crippen molar-refractivity contribution in [2.75, 3.05) is 23.4 Å². The first-order valence-corrected chi connectivity index (χ1v) is 9.86. The fourth-order valence-corrected chi connectivity index (χ4v) is 3.99. The van der Waals surface area contributed by atoms with Crippen molar-refractivity contribution in [1.82, 2.24) is 4.98 Å². The van der Waals surface area contributed by atoms with Gasteiger partial charge in [0.2, 0.25) is 5.91 Å². The molecule has 9 heteroatoms. The Labute approximate surface area is 174 Å². The van der Waals surface area contributed by atoms with E-state index in [1.165, 1.54) is 28.4 Å². The highest BCUT2D eigenvalue weighted by atomic mass is 35.5. The van der Waals surface area contributed by atoms with E-state index in [1.807, 2.05) is 6.92 Å². The second-order valence-electron chi connectivity index (χ2n) is 6.36. The summed E-state index contributed by atoms with van der Waals surface area (Å²) in [6.07, 6.45) is 0. The van der Waals surface area contributed by atoms with Crippen molar-refractivity contribution < 1.29 is 18.7 Å². The van der Waals surface area contributed by atoms with Gasteiger partial charge in [0.05, 0.1) is 11.4 Å². The van der Waals surface area contributed by atoms with Crippen LogP contribution in [0.15, 0.2) is 42.5 Å². The number of hydrogen-bond acceptors (Lipinski definition) is 5. The molecule has 0 bridgehead atoms. The predicted molar refractivity (Wildman–Crippen MR) is 110 cm³/mol. The molecule has 0 fully saturated rings. The highest BCUT2D eigenvalue weighted by Gasteiger charge is 2.28. The maximum atomic E-state index is 13.1. The number of aromatic nitrogens is 1. The summed E-state index contributed by atoms with van der Waals surface area (Å²) < 4.78 is 18.5. The van der Waals surface area contributed by atoms with E-state index >= 15 is 0 Å². The number of fused-ring (bicyclic) bond motifs is 1. The van der Waals surface area contributed by atoms with Gasteiger partial charge in [-0.1, -0.05) is 11.6 Å². The largest absolute Gasteiger partial charge is 0.482 e. The van der Waals surface area contributed by atoms with Crippen LogP contribution in [0.4, 0.5) is 15.2 Å². The minimum Gasteiger partial charge on any atom is -0.482 e. The Morgan fingerprint density at radius 3 is 2.83 bits per heavy atom. The van der Waals surface area contributed by atoms with Gasteiger partial charge in [-0.15, -0.1) is 11.3 Å². The average molecular weight is 432 g/mol. The number of rotatable bonds is 4. The Balaban J connectivity index is 1.51. The molecule has 29 heavy (non-hydrogen) atoms. The first-order valence-electron chi connectivity index (χ1n) is 8.66. The van der Waals surface area contributed by atoms with Gasteiger partial charge in [0.25, 0.3) is 5.91 Å². The van der Waals surface area contributed by atoms with Crippen LogP contribution in [0.2, 0.25) is 5.02 Å². The van der Waals surface area contributed by atoms with E-state index in [1.54, 1.807) is 30.3 Å². The van der Waals surface area contributed by atoms with Crippen LogP contribution < -0.4 is 15.0 Å². The van der Waals surface area contributed by atoms with Crippen molar-refractivity contribution in [3.63, 3.8) is 0 Å². The van der Waals surface area contributed by atoms with Crippen molar-refractivity contribution in [3.05, 3.63) is 58.2 Å². The number of carbonyl (C=O) groups excluding carboxylic acids is 2. The van der Waals surface area contributed by atoms with Crippen LogP contribution in [0.3, 0.4) is 0 Å². The summed E-state index contributed by atoms with van der Waals surface area (Å²) in [5, 5.41) is 3.56. The first-order chi connectivity index (χ1) is 13.9. The molecule has 148 valence electrons. The van der Waals surface area contributed by atoms with E-state index in [0.717, 1.165) is 10.4 Å². The fourth-order valence-electron chi connectivity index (χ4n) is 2.98. The Hall–Kier alpha value is -2.97. The molecule has 6 nitrogen and oxygen atoms in total. The van der Waals surface area contributed by atoms with E-state index in [4.69, 9.17) is 16.3 Å². The Kier molecular flexibility index (Phi) is 5.21. The van der Waals surface area contributed by atoms with Crippen LogP contribution >= 0.6 is 22.9 Å². The summed E-state index contributed by atoms with van der Waals surface area (Å²) in [6.45, 7) is 1.53. The lowest BCUT2D eigenvalue weighted by molar-refractivity contribution is -0.123. The number of halogens is 2. The minimum absolute atomic E-state index is 0.146. The number of nitrogens with one attached hydrogen (secondary N) is 1. The lowest BCUT2D eigenvalue weighted by atomic mass is 10.1. The average Bonchev–Trinajstić information content (AvgIpc) is 3.04. The van der Waals surface area contributed by atoms with Crippen LogP contribution in [0.5, 0.6) is 5.75 Å². The van der Waals surface area contributed by atoms with E-state index in [0.29, 0.717) is 27.3 Å². The third-order valence-electron chi connectivity index (χ3n) is 4.33. The van der Waals surface area contributed by atoms with Crippen LogP contribution in [0, 0.1) is 12.7 Å². The molecule has 0 atom stereocenters. The molecule has 1 aliphatic rings. The Bertz CT molecular complexity index is 1100. The lowest BCUT2D eigenvalue weighted by Gasteiger charge is -2.28. The fraction of sp³-hybridized carbons (Fsp3) is 0.150. The summed E-state index contributed by atoms with van der Waals surface area (Å²) >= 11 is 7.32. The normalized spacial score (nSPS) is 13.1. The van der Waals surface area contributed by atoms with Crippen molar-refractivity contribution in [2.45, 2.75) is 6.92 Å². The van der Waals surface area contributed by atoms with Gasteiger partial charge in [0.15, 0.2) is 11.7 Å². The highest BCUT2D eigenvalue weighted by molar-refractivity contribution is 7.16. The first kappa shape index (κ1) is 19.4. The topological polar surface area (TPSA) is 71.5 Å². The van der Waals surface area contributed by atoms with Gasteiger partial charge in [0, 0.05) is 15.5 Å². The molecule has 3 aromatic rings. The molecule has 0 unspecified atom stereocenters. The minimum atomic E-state index is -0.398. The third kappa shape index (κ3) is 4.08. The van der Waals surface area contributed by atoms with E-state index < -0.39 is 5.91 Å². The number of amides is 2. The van der Waals surface area contributed by atoms with E-state index in [2.05, 4.69) is 10.3 Å². The number of aryl methyl sites for hydroxylation is 1. The Morgan fingerprint density at radius 2 is 2.07 bits per heavy atom. The number of thiazole rings is 1. The van der Waals surface area contributed by atoms with Crippen LogP contribution in [-0.4, -0.2) is 29.9 Å². The molecule has 0 saturated heterocycles. The molecule has 2 heterocycles. The van der Waals surface area contributed by atoms with Crippen LogP contribution in [0.1, 0.15) is 4.88 Å². The SMILES string of the molecule is Cc1sc(NC(=O)CN2C(=O)COc3ccc(Cl)cc32)nc1-c1ccc(F)cc1. The van der Waals surface area contributed by atoms with Gasteiger partial charge in [-0.25, -0.2) is 9.37 Å². The molecule has 1 N–H and O–H groups in total. The number of carbonyl (C=O) groups is 2. The van der Waals surface area contributed by atoms with Gasteiger partial charge in [-0.3, -0.25) is 14.5 Å². The summed E-state index contributed by atoms with van der Waals surface area (Å²) in [4.78, 5) is 31.5. The van der Waals surface area contributed by atoms with Crippen molar-refractivity contribution in [2.24, 2.45) is 0 Å². The number of anilines is 2. The van der Waals surface area contributed by atoms with Crippen LogP contribution in [0.25, 0.3) is 11.3 Å².